The number of hydrogen-bond donors (Lipinski definition) is 0. The fourth-order valence-corrected chi connectivity index (χ4v) is 1.96. The zero-order valence-electron chi connectivity index (χ0n) is 10.9. The van der Waals surface area contributed by atoms with Crippen molar-refractivity contribution in [2.45, 2.75) is 26.7 Å². The van der Waals surface area contributed by atoms with Crippen molar-refractivity contribution in [3.05, 3.63) is 77.0 Å². The molecule has 18 heavy (non-hydrogen) atoms. The highest BCUT2D eigenvalue weighted by Crippen LogP contribution is 2.12. The summed E-state index contributed by atoms with van der Waals surface area (Å²) in [5, 5.41) is 0. The quantitative estimate of drug-likeness (QED) is 0.742. The average molecular weight is 241 g/mol. The van der Waals surface area contributed by atoms with Gasteiger partial charge in [0.05, 0.1) is 0 Å². The van der Waals surface area contributed by atoms with Gasteiger partial charge in [0.25, 0.3) is 0 Å². The van der Waals surface area contributed by atoms with Crippen molar-refractivity contribution in [3.63, 3.8) is 0 Å². The van der Waals surface area contributed by atoms with Gasteiger partial charge in [-0.05, 0) is 55.9 Å². The normalized spacial score (nSPS) is 10.6. The molecule has 1 radical (unpaired) electrons. The second kappa shape index (κ2) is 5.81. The second-order valence-corrected chi connectivity index (χ2v) is 4.77. The molecule has 0 heterocycles. The number of benzene rings is 2. The van der Waals surface area contributed by atoms with Gasteiger partial charge in [-0.3, -0.25) is 0 Å². The first-order valence-corrected chi connectivity index (χ1v) is 6.27. The molecular formula is C17H18F. The van der Waals surface area contributed by atoms with Crippen LogP contribution in [0.2, 0.25) is 0 Å². The van der Waals surface area contributed by atoms with Crippen LogP contribution in [0, 0.1) is 26.1 Å². The van der Waals surface area contributed by atoms with Crippen LogP contribution in [0.15, 0.2) is 42.5 Å². The molecule has 0 aliphatic carbocycles. The van der Waals surface area contributed by atoms with E-state index in [1.807, 2.05) is 12.1 Å². The van der Waals surface area contributed by atoms with Crippen LogP contribution in [0.4, 0.5) is 4.39 Å². The number of halogens is 1. The number of aryl methyl sites for hydroxylation is 2. The summed E-state index contributed by atoms with van der Waals surface area (Å²) in [6.45, 7) is 3.90. The molecule has 2 rings (SSSR count). The third-order valence-electron chi connectivity index (χ3n) is 3.10. The summed E-state index contributed by atoms with van der Waals surface area (Å²) >= 11 is 0. The molecule has 2 aromatic carbocycles. The van der Waals surface area contributed by atoms with Crippen LogP contribution in [0.25, 0.3) is 0 Å². The maximum Gasteiger partial charge on any atom is 0.126 e. The van der Waals surface area contributed by atoms with Crippen molar-refractivity contribution in [2.24, 2.45) is 0 Å². The van der Waals surface area contributed by atoms with Gasteiger partial charge in [0.2, 0.25) is 0 Å². The predicted octanol–water partition coefficient (Wildman–Crippen LogP) is 4.43. The van der Waals surface area contributed by atoms with E-state index < -0.39 is 0 Å². The third-order valence-corrected chi connectivity index (χ3v) is 3.10. The SMILES string of the molecule is Cc1ccc(C[CH]Cc2ccc(F)c(C)c2)cc1. The standard InChI is InChI=1S/C17H18F/c1-13-6-8-15(9-7-13)4-3-5-16-10-11-17(18)14(2)12-16/h3,6-12H,4-5H2,1-2H3. The van der Waals surface area contributed by atoms with E-state index in [-0.39, 0.29) is 5.82 Å². The van der Waals surface area contributed by atoms with E-state index in [0.717, 1.165) is 18.4 Å². The molecule has 0 nitrogen and oxygen atoms in total. The fourth-order valence-electron chi connectivity index (χ4n) is 1.96. The maximum atomic E-state index is 13.1. The highest BCUT2D eigenvalue weighted by atomic mass is 19.1. The molecule has 0 spiro atoms. The van der Waals surface area contributed by atoms with Crippen molar-refractivity contribution in [3.8, 4) is 0 Å². The van der Waals surface area contributed by atoms with E-state index in [1.165, 1.54) is 16.7 Å². The largest absolute Gasteiger partial charge is 0.207 e. The highest BCUT2D eigenvalue weighted by Gasteiger charge is 2.00. The van der Waals surface area contributed by atoms with Gasteiger partial charge < -0.3 is 0 Å². The molecule has 93 valence electrons. The maximum absolute atomic E-state index is 13.1. The Bertz CT molecular complexity index is 512. The molecular weight excluding hydrogens is 223 g/mol. The van der Waals surface area contributed by atoms with Crippen molar-refractivity contribution < 1.29 is 4.39 Å². The van der Waals surface area contributed by atoms with Crippen LogP contribution in [-0.2, 0) is 12.8 Å². The molecule has 0 N–H and O–H groups in total. The van der Waals surface area contributed by atoms with Crippen molar-refractivity contribution >= 4 is 0 Å². The average Bonchev–Trinajstić information content (AvgIpc) is 2.36. The minimum atomic E-state index is -0.128. The highest BCUT2D eigenvalue weighted by molar-refractivity contribution is 5.26. The summed E-state index contributed by atoms with van der Waals surface area (Å²) in [5.74, 6) is -0.128. The lowest BCUT2D eigenvalue weighted by atomic mass is 10.0. The third kappa shape index (κ3) is 3.43. The van der Waals surface area contributed by atoms with Crippen LogP contribution in [0.5, 0.6) is 0 Å². The van der Waals surface area contributed by atoms with E-state index in [9.17, 15) is 4.39 Å². The fraction of sp³-hybridized carbons (Fsp3) is 0.235. The Hall–Kier alpha value is -1.63. The molecule has 0 aliphatic heterocycles. The van der Waals surface area contributed by atoms with Gasteiger partial charge in [-0.15, -0.1) is 0 Å². The van der Waals surface area contributed by atoms with Gasteiger partial charge in [0, 0.05) is 0 Å². The number of rotatable bonds is 4. The Morgan fingerprint density at radius 2 is 1.50 bits per heavy atom. The molecule has 1 heteroatoms. The van der Waals surface area contributed by atoms with Crippen molar-refractivity contribution in [1.82, 2.24) is 0 Å². The molecule has 0 amide bonds. The van der Waals surface area contributed by atoms with Crippen LogP contribution in [0.3, 0.4) is 0 Å². The first kappa shape index (κ1) is 12.8. The minimum absolute atomic E-state index is 0.128. The molecule has 0 unspecified atom stereocenters. The Kier molecular flexibility index (Phi) is 4.14. The Morgan fingerprint density at radius 1 is 0.889 bits per heavy atom. The first-order valence-electron chi connectivity index (χ1n) is 6.27. The molecule has 0 aromatic heterocycles. The van der Waals surface area contributed by atoms with Gasteiger partial charge in [-0.1, -0.05) is 42.0 Å². The summed E-state index contributed by atoms with van der Waals surface area (Å²) in [5.41, 5.74) is 4.49. The first-order chi connectivity index (χ1) is 8.65. The molecule has 0 atom stereocenters. The Labute approximate surface area is 108 Å². The Balaban J connectivity index is 1.88. The second-order valence-electron chi connectivity index (χ2n) is 4.77. The van der Waals surface area contributed by atoms with Gasteiger partial charge in [0.15, 0.2) is 0 Å². The lowest BCUT2D eigenvalue weighted by Gasteiger charge is -2.04. The lowest BCUT2D eigenvalue weighted by Crippen LogP contribution is -1.93. The summed E-state index contributed by atoms with van der Waals surface area (Å²) in [4.78, 5) is 0. The van der Waals surface area contributed by atoms with Gasteiger partial charge in [-0.2, -0.15) is 0 Å². The zero-order chi connectivity index (χ0) is 13.0. The molecule has 0 fully saturated rings. The van der Waals surface area contributed by atoms with Crippen LogP contribution >= 0.6 is 0 Å². The van der Waals surface area contributed by atoms with E-state index in [0.29, 0.717) is 0 Å². The Morgan fingerprint density at radius 3 is 2.17 bits per heavy atom. The molecule has 2 aromatic rings. The van der Waals surface area contributed by atoms with Gasteiger partial charge >= 0.3 is 0 Å². The molecule has 0 bridgehead atoms. The lowest BCUT2D eigenvalue weighted by molar-refractivity contribution is 0.617. The zero-order valence-corrected chi connectivity index (χ0v) is 10.9. The summed E-state index contributed by atoms with van der Waals surface area (Å²) in [7, 11) is 0. The summed E-state index contributed by atoms with van der Waals surface area (Å²) < 4.78 is 13.1. The predicted molar refractivity (Wildman–Crippen MR) is 74.0 cm³/mol. The smallest absolute Gasteiger partial charge is 0.126 e. The van der Waals surface area contributed by atoms with Gasteiger partial charge in [-0.25, -0.2) is 4.39 Å². The van der Waals surface area contributed by atoms with E-state index in [1.54, 1.807) is 13.0 Å². The van der Waals surface area contributed by atoms with E-state index in [4.69, 9.17) is 0 Å². The van der Waals surface area contributed by atoms with Crippen molar-refractivity contribution in [1.29, 1.82) is 0 Å². The van der Waals surface area contributed by atoms with E-state index >= 15 is 0 Å². The van der Waals surface area contributed by atoms with Crippen LogP contribution in [0.1, 0.15) is 22.3 Å². The van der Waals surface area contributed by atoms with Crippen LogP contribution in [-0.4, -0.2) is 0 Å². The summed E-state index contributed by atoms with van der Waals surface area (Å²) in [6.07, 6.45) is 4.07. The van der Waals surface area contributed by atoms with Crippen LogP contribution < -0.4 is 0 Å². The van der Waals surface area contributed by atoms with Gasteiger partial charge in [0.1, 0.15) is 5.82 Å². The number of hydrogen-bond acceptors (Lipinski definition) is 0. The molecule has 0 aliphatic rings. The topological polar surface area (TPSA) is 0 Å². The molecule has 0 saturated heterocycles. The molecule has 0 saturated carbocycles. The monoisotopic (exact) mass is 241 g/mol. The van der Waals surface area contributed by atoms with E-state index in [2.05, 4.69) is 37.6 Å². The summed E-state index contributed by atoms with van der Waals surface area (Å²) in [6, 6.07) is 13.9. The van der Waals surface area contributed by atoms with Crippen molar-refractivity contribution in [2.75, 3.05) is 0 Å². The minimum Gasteiger partial charge on any atom is -0.207 e.